The number of alkyl halides is 1. The van der Waals surface area contributed by atoms with Gasteiger partial charge in [0.05, 0.1) is 18.0 Å². The summed E-state index contributed by atoms with van der Waals surface area (Å²) in [6.45, 7) is 3.88. The lowest BCUT2D eigenvalue weighted by Crippen LogP contribution is -2.69. The highest BCUT2D eigenvalue weighted by Crippen LogP contribution is 2.72. The molecular formula is C33H40FNO5S. The Kier molecular flexibility index (Phi) is 6.70. The van der Waals surface area contributed by atoms with Crippen molar-refractivity contribution in [2.75, 3.05) is 5.75 Å². The first-order valence-corrected chi connectivity index (χ1v) is 16.3. The number of aromatic nitrogens is 1. The monoisotopic (exact) mass is 581 g/mol. The molecular weight excluding hydrogens is 541 g/mol. The van der Waals surface area contributed by atoms with E-state index in [0.29, 0.717) is 19.3 Å². The third-order valence-electron chi connectivity index (χ3n) is 11.9. The standard InChI is InChI=1S/C33H40FNO5S/c1-30-13-10-22(36)16-21(30)8-9-24-25-17-28-33(31(25,2)18-26(37)32(24,30)34,27(38)19-41-23-11-14-35-15-12-23)40-29(39-28)20-6-4-3-5-7-20/h10-16,20,24-26,28-29,37H,3-9,17-19H2,1-2H3/t24-,25-,26-,28-,29?,30-,31-,32-,33+/m0/s1. The normalized spacial score (nSPS) is 45.4. The summed E-state index contributed by atoms with van der Waals surface area (Å²) in [4.78, 5) is 31.7. The second kappa shape index (κ2) is 9.83. The Labute approximate surface area is 245 Å². The summed E-state index contributed by atoms with van der Waals surface area (Å²) in [6, 6.07) is 3.78. The van der Waals surface area contributed by atoms with Crippen molar-refractivity contribution in [2.45, 2.75) is 106 Å². The van der Waals surface area contributed by atoms with E-state index in [9.17, 15) is 14.7 Å². The Morgan fingerprint density at radius 2 is 1.90 bits per heavy atom. The Balaban J connectivity index is 1.26. The number of fused-ring (bicyclic) bond motifs is 7. The molecule has 8 heteroatoms. The van der Waals surface area contributed by atoms with Gasteiger partial charge in [0.2, 0.25) is 0 Å². The summed E-state index contributed by atoms with van der Waals surface area (Å²) in [7, 11) is 0. The lowest BCUT2D eigenvalue weighted by atomic mass is 9.44. The van der Waals surface area contributed by atoms with Crippen LogP contribution in [0.25, 0.3) is 0 Å². The predicted molar refractivity (Wildman–Crippen MR) is 153 cm³/mol. The van der Waals surface area contributed by atoms with Crippen molar-refractivity contribution in [3.05, 3.63) is 48.3 Å². The number of carbonyl (C=O) groups is 2. The first-order chi connectivity index (χ1) is 19.6. The SMILES string of the molecule is C[C@]12C=CC(=O)C=C1CC[C@H]1[C@@H]3C[C@@H]4OC(C5CCCCC5)O[C@@]4(C(=O)CSc4ccncc4)[C@@]3(C)C[C@H](O)[C@@]12F. The molecule has 0 aromatic carbocycles. The number of hydrogen-bond acceptors (Lipinski definition) is 7. The molecule has 0 bridgehead atoms. The fourth-order valence-electron chi connectivity index (χ4n) is 9.79. The maximum Gasteiger partial charge on any atom is 0.178 e. The number of nitrogens with zero attached hydrogens (tertiary/aromatic N) is 1. The molecule has 9 atom stereocenters. The highest BCUT2D eigenvalue weighted by Gasteiger charge is 2.79. The van der Waals surface area contributed by atoms with Crippen molar-refractivity contribution in [1.29, 1.82) is 0 Å². The molecule has 0 radical (unpaired) electrons. The minimum atomic E-state index is -1.95. The number of halogens is 1. The summed E-state index contributed by atoms with van der Waals surface area (Å²) >= 11 is 1.46. The molecule has 5 fully saturated rings. The number of carbonyl (C=O) groups excluding carboxylic acids is 2. The molecule has 6 nitrogen and oxygen atoms in total. The van der Waals surface area contributed by atoms with Gasteiger partial charge in [0.25, 0.3) is 0 Å². The fourth-order valence-corrected chi connectivity index (χ4v) is 10.6. The van der Waals surface area contributed by atoms with Crippen LogP contribution in [0.4, 0.5) is 4.39 Å². The number of allylic oxidation sites excluding steroid dienone is 4. The fraction of sp³-hybridized carbons (Fsp3) is 0.667. The molecule has 1 aromatic rings. The maximum atomic E-state index is 17.7. The number of ketones is 2. The van der Waals surface area contributed by atoms with Crippen molar-refractivity contribution in [3.8, 4) is 0 Å². The molecule has 6 aliphatic rings. The maximum absolute atomic E-state index is 17.7. The van der Waals surface area contributed by atoms with E-state index in [4.69, 9.17) is 9.47 Å². The summed E-state index contributed by atoms with van der Waals surface area (Å²) in [6.07, 6.45) is 13.1. The molecule has 5 aliphatic carbocycles. The van der Waals surface area contributed by atoms with Gasteiger partial charge in [0.1, 0.15) is 0 Å². The van der Waals surface area contributed by atoms with Crippen molar-refractivity contribution in [1.82, 2.24) is 4.98 Å². The van der Waals surface area contributed by atoms with E-state index in [1.165, 1.54) is 24.3 Å². The number of thioether (sulfide) groups is 1. The molecule has 1 aromatic heterocycles. The molecule has 1 unspecified atom stereocenters. The van der Waals surface area contributed by atoms with Crippen LogP contribution < -0.4 is 0 Å². The van der Waals surface area contributed by atoms with E-state index < -0.39 is 46.5 Å². The van der Waals surface area contributed by atoms with Crippen molar-refractivity contribution in [3.63, 3.8) is 0 Å². The molecule has 1 aliphatic heterocycles. The van der Waals surface area contributed by atoms with E-state index >= 15 is 4.39 Å². The average molecular weight is 582 g/mol. The molecule has 0 spiro atoms. The largest absolute Gasteiger partial charge is 0.390 e. The van der Waals surface area contributed by atoms with E-state index in [-0.39, 0.29) is 35.6 Å². The molecule has 0 amide bonds. The molecule has 7 rings (SSSR count). The van der Waals surface area contributed by atoms with Crippen molar-refractivity contribution < 1.29 is 28.6 Å². The first-order valence-electron chi connectivity index (χ1n) is 15.3. The minimum Gasteiger partial charge on any atom is -0.390 e. The molecule has 2 heterocycles. The van der Waals surface area contributed by atoms with Crippen LogP contribution in [0.3, 0.4) is 0 Å². The molecule has 220 valence electrons. The number of pyridine rings is 1. The van der Waals surface area contributed by atoms with Crippen LogP contribution in [-0.4, -0.2) is 57.2 Å². The van der Waals surface area contributed by atoms with Crippen LogP contribution in [-0.2, 0) is 19.1 Å². The molecule has 4 saturated carbocycles. The number of aliphatic hydroxyl groups excluding tert-OH is 1. The van der Waals surface area contributed by atoms with Crippen LogP contribution in [0.5, 0.6) is 0 Å². The quantitative estimate of drug-likeness (QED) is 0.441. The van der Waals surface area contributed by atoms with Crippen LogP contribution in [0.15, 0.2) is 53.2 Å². The van der Waals surface area contributed by atoms with Crippen molar-refractivity contribution in [2.24, 2.45) is 28.6 Å². The summed E-state index contributed by atoms with van der Waals surface area (Å²) < 4.78 is 31.3. The number of hydrogen-bond donors (Lipinski definition) is 1. The third kappa shape index (κ3) is 3.82. The topological polar surface area (TPSA) is 85.7 Å². The second-order valence-corrected chi connectivity index (χ2v) is 14.7. The number of ether oxygens (including phenoxy) is 2. The van der Waals surface area contributed by atoms with Crippen molar-refractivity contribution >= 4 is 23.3 Å². The lowest BCUT2D eigenvalue weighted by molar-refractivity contribution is -0.234. The van der Waals surface area contributed by atoms with Gasteiger partial charge in [-0.1, -0.05) is 37.8 Å². The molecule has 1 saturated heterocycles. The Bertz CT molecular complexity index is 1300. The van der Waals surface area contributed by atoms with Gasteiger partial charge in [-0.3, -0.25) is 14.6 Å². The van der Waals surface area contributed by atoms with Crippen LogP contribution in [0.1, 0.15) is 71.6 Å². The van der Waals surface area contributed by atoms with Gasteiger partial charge < -0.3 is 14.6 Å². The van der Waals surface area contributed by atoms with Crippen LogP contribution >= 0.6 is 11.8 Å². The van der Waals surface area contributed by atoms with Gasteiger partial charge in [-0.15, -0.1) is 11.8 Å². The third-order valence-corrected chi connectivity index (χ3v) is 12.9. The Hall–Kier alpha value is -1.87. The van der Waals surface area contributed by atoms with E-state index in [2.05, 4.69) is 11.9 Å². The highest BCUT2D eigenvalue weighted by atomic mass is 32.2. The highest BCUT2D eigenvalue weighted by molar-refractivity contribution is 8.00. The van der Waals surface area contributed by atoms with Gasteiger partial charge >= 0.3 is 0 Å². The van der Waals surface area contributed by atoms with Gasteiger partial charge in [-0.05, 0) is 75.7 Å². The zero-order valence-corrected chi connectivity index (χ0v) is 24.7. The lowest BCUT2D eigenvalue weighted by Gasteiger charge is -2.62. The molecule has 1 N–H and O–H groups in total. The Morgan fingerprint density at radius 3 is 2.66 bits per heavy atom. The van der Waals surface area contributed by atoms with Crippen LogP contribution in [0.2, 0.25) is 0 Å². The summed E-state index contributed by atoms with van der Waals surface area (Å²) in [5.41, 5.74) is -4.28. The van der Waals surface area contributed by atoms with E-state index in [1.807, 2.05) is 19.1 Å². The smallest absolute Gasteiger partial charge is 0.178 e. The second-order valence-electron chi connectivity index (χ2n) is 13.6. The van der Waals surface area contributed by atoms with E-state index in [1.54, 1.807) is 24.5 Å². The van der Waals surface area contributed by atoms with Gasteiger partial charge in [-0.2, -0.15) is 0 Å². The number of rotatable bonds is 5. The number of aliphatic hydroxyl groups is 1. The van der Waals surface area contributed by atoms with Gasteiger partial charge in [0, 0.05) is 40.0 Å². The molecule has 41 heavy (non-hydrogen) atoms. The van der Waals surface area contributed by atoms with E-state index in [0.717, 1.165) is 36.2 Å². The predicted octanol–water partition coefficient (Wildman–Crippen LogP) is 5.78. The average Bonchev–Trinajstić information content (AvgIpc) is 3.47. The minimum absolute atomic E-state index is 0.0306. The first kappa shape index (κ1) is 27.9. The van der Waals surface area contributed by atoms with Gasteiger partial charge in [0.15, 0.2) is 29.1 Å². The number of Topliss-reactive ketones (excluding diaryl/α,β-unsaturated/α-hetero) is 1. The zero-order valence-electron chi connectivity index (χ0n) is 23.9. The van der Waals surface area contributed by atoms with Gasteiger partial charge in [-0.25, -0.2) is 4.39 Å². The zero-order chi connectivity index (χ0) is 28.6. The Morgan fingerprint density at radius 1 is 1.15 bits per heavy atom. The summed E-state index contributed by atoms with van der Waals surface area (Å²) in [5.74, 6) is -0.393. The summed E-state index contributed by atoms with van der Waals surface area (Å²) in [5, 5.41) is 11.8. The van der Waals surface area contributed by atoms with Crippen LogP contribution in [0, 0.1) is 28.6 Å².